The van der Waals surface area contributed by atoms with Gasteiger partial charge in [-0.1, -0.05) is 47.1 Å². The minimum atomic E-state index is -0.997. The van der Waals surface area contributed by atoms with Gasteiger partial charge in [0.2, 0.25) is 0 Å². The third-order valence-electron chi connectivity index (χ3n) is 4.51. The van der Waals surface area contributed by atoms with Gasteiger partial charge in [0, 0.05) is 15.4 Å². The van der Waals surface area contributed by atoms with Gasteiger partial charge in [-0.2, -0.15) is 0 Å². The number of furan rings is 1. The summed E-state index contributed by atoms with van der Waals surface area (Å²) >= 11 is 3.38. The number of pyridine rings is 1. The Morgan fingerprint density at radius 1 is 1.04 bits per heavy atom. The highest BCUT2D eigenvalue weighted by Gasteiger charge is 2.15. The quantitative estimate of drug-likeness (QED) is 0.426. The Hall–Kier alpha value is -2.92. The smallest absolute Gasteiger partial charge is 0.336 e. The summed E-state index contributed by atoms with van der Waals surface area (Å²) in [6.45, 7) is 2.12. The first kappa shape index (κ1) is 17.5. The Labute approximate surface area is 164 Å². The van der Waals surface area contributed by atoms with E-state index in [-0.39, 0.29) is 5.56 Å². The summed E-state index contributed by atoms with van der Waals surface area (Å²) in [4.78, 5) is 16.3. The molecule has 5 heteroatoms. The van der Waals surface area contributed by atoms with Gasteiger partial charge < -0.3 is 9.52 Å². The first-order valence-electron chi connectivity index (χ1n) is 8.58. The van der Waals surface area contributed by atoms with Crippen LogP contribution in [0, 0.1) is 0 Å². The molecule has 0 aliphatic rings. The third-order valence-corrected chi connectivity index (χ3v) is 5.00. The highest BCUT2D eigenvalue weighted by atomic mass is 79.9. The van der Waals surface area contributed by atoms with Crippen LogP contribution in [-0.2, 0) is 6.42 Å². The Morgan fingerprint density at radius 2 is 1.78 bits per heavy atom. The lowest BCUT2D eigenvalue weighted by Crippen LogP contribution is -2.00. The maximum absolute atomic E-state index is 11.7. The number of nitrogens with zero attached hydrogens (tertiary/aromatic N) is 1. The Bertz CT molecular complexity index is 1150. The van der Waals surface area contributed by atoms with Gasteiger partial charge >= 0.3 is 5.97 Å². The summed E-state index contributed by atoms with van der Waals surface area (Å²) in [6, 6.07) is 18.9. The molecule has 2 aromatic carbocycles. The molecule has 0 saturated heterocycles. The van der Waals surface area contributed by atoms with Crippen LogP contribution in [0.15, 0.2) is 69.6 Å². The number of hydrogen-bond acceptors (Lipinski definition) is 3. The van der Waals surface area contributed by atoms with Crippen LogP contribution in [0.4, 0.5) is 0 Å². The standard InChI is InChI=1S/C22H16BrNO3/c1-2-13-3-5-14(6-4-13)20-9-10-21(27-20)19-12-17(22(25)26)16-11-15(23)7-8-18(16)24-19/h3-12H,2H2,1H3,(H,25,26). The van der Waals surface area contributed by atoms with Crippen LogP contribution in [-0.4, -0.2) is 16.1 Å². The molecule has 0 spiro atoms. The number of carboxylic acids is 1. The fraction of sp³-hybridized carbons (Fsp3) is 0.0909. The van der Waals surface area contributed by atoms with Crippen LogP contribution in [0.25, 0.3) is 33.7 Å². The minimum absolute atomic E-state index is 0.196. The molecule has 4 nitrogen and oxygen atoms in total. The van der Waals surface area contributed by atoms with Crippen LogP contribution in [0.2, 0.25) is 0 Å². The van der Waals surface area contributed by atoms with Gasteiger partial charge in [0.1, 0.15) is 11.5 Å². The molecule has 0 radical (unpaired) electrons. The fourth-order valence-electron chi connectivity index (χ4n) is 3.04. The molecule has 0 atom stereocenters. The van der Waals surface area contributed by atoms with Gasteiger partial charge in [-0.25, -0.2) is 9.78 Å². The molecule has 4 aromatic rings. The van der Waals surface area contributed by atoms with Crippen molar-refractivity contribution in [3.63, 3.8) is 0 Å². The highest BCUT2D eigenvalue weighted by molar-refractivity contribution is 9.10. The number of benzene rings is 2. The normalized spacial score (nSPS) is 11.0. The van der Waals surface area contributed by atoms with Gasteiger partial charge in [0.25, 0.3) is 0 Å². The average Bonchev–Trinajstić information content (AvgIpc) is 3.17. The fourth-order valence-corrected chi connectivity index (χ4v) is 3.40. The van der Waals surface area contributed by atoms with E-state index in [1.165, 1.54) is 5.56 Å². The Kier molecular flexibility index (Phi) is 4.54. The molecule has 1 N–H and O–H groups in total. The zero-order chi connectivity index (χ0) is 19.0. The summed E-state index contributed by atoms with van der Waals surface area (Å²) in [7, 11) is 0. The summed E-state index contributed by atoms with van der Waals surface area (Å²) < 4.78 is 6.78. The molecule has 0 aliphatic carbocycles. The number of hydrogen-bond donors (Lipinski definition) is 1. The molecule has 0 amide bonds. The number of aryl methyl sites for hydroxylation is 1. The van der Waals surface area contributed by atoms with E-state index in [0.29, 0.717) is 22.4 Å². The molecule has 0 fully saturated rings. The number of halogens is 1. The first-order chi connectivity index (χ1) is 13.0. The summed E-state index contributed by atoms with van der Waals surface area (Å²) in [5.74, 6) is 0.266. The van der Waals surface area contributed by atoms with Gasteiger partial charge in [-0.15, -0.1) is 0 Å². The zero-order valence-electron chi connectivity index (χ0n) is 14.6. The van der Waals surface area contributed by atoms with Gasteiger partial charge in [0.15, 0.2) is 5.76 Å². The van der Waals surface area contributed by atoms with Gasteiger partial charge in [-0.05, 0) is 48.4 Å². The van der Waals surface area contributed by atoms with E-state index in [1.807, 2.05) is 30.3 Å². The van der Waals surface area contributed by atoms with E-state index in [9.17, 15) is 9.90 Å². The number of aromatic nitrogens is 1. The number of carboxylic acid groups (broad SMARTS) is 1. The van der Waals surface area contributed by atoms with Crippen LogP contribution >= 0.6 is 15.9 Å². The molecule has 27 heavy (non-hydrogen) atoms. The topological polar surface area (TPSA) is 63.3 Å². The molecule has 134 valence electrons. The number of aromatic carboxylic acids is 1. The van der Waals surface area contributed by atoms with Gasteiger partial charge in [0.05, 0.1) is 11.1 Å². The number of fused-ring (bicyclic) bond motifs is 1. The SMILES string of the molecule is CCc1ccc(-c2ccc(-c3cc(C(=O)O)c4cc(Br)ccc4n3)o2)cc1. The second-order valence-corrected chi connectivity index (χ2v) is 7.15. The molecule has 4 rings (SSSR count). The average molecular weight is 422 g/mol. The lowest BCUT2D eigenvalue weighted by atomic mass is 10.1. The molecule has 0 saturated carbocycles. The lowest BCUT2D eigenvalue weighted by molar-refractivity contribution is 0.0699. The highest BCUT2D eigenvalue weighted by Crippen LogP contribution is 2.31. The molecule has 2 heterocycles. The van der Waals surface area contributed by atoms with Crippen molar-refractivity contribution in [1.29, 1.82) is 0 Å². The summed E-state index contributed by atoms with van der Waals surface area (Å²) in [5.41, 5.74) is 3.54. The number of rotatable bonds is 4. The van der Waals surface area contributed by atoms with E-state index in [4.69, 9.17) is 4.42 Å². The lowest BCUT2D eigenvalue weighted by Gasteiger charge is -2.06. The van der Waals surface area contributed by atoms with E-state index < -0.39 is 5.97 Å². The van der Waals surface area contributed by atoms with E-state index in [0.717, 1.165) is 22.2 Å². The van der Waals surface area contributed by atoms with E-state index >= 15 is 0 Å². The third kappa shape index (κ3) is 3.38. The van der Waals surface area contributed by atoms with Crippen molar-refractivity contribution in [1.82, 2.24) is 4.98 Å². The Morgan fingerprint density at radius 3 is 2.48 bits per heavy atom. The zero-order valence-corrected chi connectivity index (χ0v) is 16.2. The van der Waals surface area contributed by atoms with Crippen molar-refractivity contribution in [2.45, 2.75) is 13.3 Å². The first-order valence-corrected chi connectivity index (χ1v) is 9.37. The van der Waals surface area contributed by atoms with E-state index in [1.54, 1.807) is 18.2 Å². The van der Waals surface area contributed by atoms with Crippen molar-refractivity contribution in [3.8, 4) is 22.8 Å². The molecular formula is C22H16BrNO3. The van der Waals surface area contributed by atoms with Gasteiger partial charge in [-0.3, -0.25) is 0 Å². The second-order valence-electron chi connectivity index (χ2n) is 6.24. The summed E-state index contributed by atoms with van der Waals surface area (Å²) in [5, 5.41) is 10.2. The molecular weight excluding hydrogens is 406 g/mol. The maximum Gasteiger partial charge on any atom is 0.336 e. The van der Waals surface area contributed by atoms with Crippen LogP contribution in [0.3, 0.4) is 0 Å². The van der Waals surface area contributed by atoms with Crippen LogP contribution in [0.1, 0.15) is 22.8 Å². The maximum atomic E-state index is 11.7. The molecule has 0 unspecified atom stereocenters. The van der Waals surface area contributed by atoms with E-state index in [2.05, 4.69) is 40.0 Å². The molecule has 2 aromatic heterocycles. The summed E-state index contributed by atoms with van der Waals surface area (Å²) in [6.07, 6.45) is 0.985. The van der Waals surface area contributed by atoms with Crippen molar-refractivity contribution in [3.05, 3.63) is 76.3 Å². The number of carbonyl (C=O) groups is 1. The van der Waals surface area contributed by atoms with Crippen molar-refractivity contribution in [2.24, 2.45) is 0 Å². The van der Waals surface area contributed by atoms with Crippen molar-refractivity contribution >= 4 is 32.8 Å². The van der Waals surface area contributed by atoms with Crippen molar-refractivity contribution < 1.29 is 14.3 Å². The predicted molar refractivity (Wildman–Crippen MR) is 109 cm³/mol. The largest absolute Gasteiger partial charge is 0.478 e. The van der Waals surface area contributed by atoms with Crippen molar-refractivity contribution in [2.75, 3.05) is 0 Å². The second kappa shape index (κ2) is 7.00. The Balaban J connectivity index is 1.79. The predicted octanol–water partition coefficient (Wildman–Crippen LogP) is 6.18. The molecule has 0 aliphatic heterocycles. The minimum Gasteiger partial charge on any atom is -0.478 e. The van der Waals surface area contributed by atoms with Crippen LogP contribution < -0.4 is 0 Å². The monoisotopic (exact) mass is 421 g/mol. The molecule has 0 bridgehead atoms. The van der Waals surface area contributed by atoms with Crippen LogP contribution in [0.5, 0.6) is 0 Å².